The lowest BCUT2D eigenvalue weighted by molar-refractivity contribution is -0.122. The Morgan fingerprint density at radius 2 is 2.17 bits per heavy atom. The van der Waals surface area contributed by atoms with Crippen molar-refractivity contribution in [3.05, 3.63) is 24.0 Å². The van der Waals surface area contributed by atoms with Crippen molar-refractivity contribution >= 4 is 35.1 Å². The molecule has 0 unspecified atom stereocenters. The van der Waals surface area contributed by atoms with Crippen LogP contribution in [0.5, 0.6) is 0 Å². The molecule has 2 fully saturated rings. The van der Waals surface area contributed by atoms with E-state index in [1.807, 2.05) is 11.2 Å². The lowest BCUT2D eigenvalue weighted by atomic mass is 10.2. The molecule has 0 aromatic heterocycles. The molecule has 0 aliphatic carbocycles. The average Bonchev–Trinajstić information content (AvgIpc) is 3.11. The first-order valence-corrected chi connectivity index (χ1v) is 11.0. The second-order valence-electron chi connectivity index (χ2n) is 6.98. The molecule has 3 N–H and O–H groups in total. The molecule has 8 nitrogen and oxygen atoms in total. The van der Waals surface area contributed by atoms with Crippen molar-refractivity contribution in [1.82, 2.24) is 5.32 Å². The molecular formula is C19H27FN4O4S. The fourth-order valence-corrected chi connectivity index (χ4v) is 3.77. The first-order chi connectivity index (χ1) is 14.0. The molecule has 2 aliphatic rings. The van der Waals surface area contributed by atoms with Gasteiger partial charge < -0.3 is 25.4 Å². The minimum Gasteiger partial charge on any atom is -0.442 e. The molecule has 2 heterocycles. The van der Waals surface area contributed by atoms with E-state index in [1.54, 1.807) is 23.9 Å². The number of hydrogen-bond acceptors (Lipinski definition) is 7. The predicted molar refractivity (Wildman–Crippen MR) is 111 cm³/mol. The highest BCUT2D eigenvalue weighted by Gasteiger charge is 2.33. The highest BCUT2D eigenvalue weighted by Crippen LogP contribution is 2.28. The Morgan fingerprint density at radius 3 is 2.86 bits per heavy atom. The topological polar surface area (TPSA) is 97.1 Å². The molecular weight excluding hydrogens is 399 g/mol. The van der Waals surface area contributed by atoms with Gasteiger partial charge in [0.1, 0.15) is 11.9 Å². The van der Waals surface area contributed by atoms with Crippen LogP contribution in [0.15, 0.2) is 18.2 Å². The molecule has 0 spiro atoms. The highest BCUT2D eigenvalue weighted by atomic mass is 32.2. The number of carbonyl (C=O) groups excluding carboxylic acids is 2. The van der Waals surface area contributed by atoms with Gasteiger partial charge in [0.05, 0.1) is 43.7 Å². The van der Waals surface area contributed by atoms with Crippen molar-refractivity contribution in [2.45, 2.75) is 18.6 Å². The van der Waals surface area contributed by atoms with Gasteiger partial charge in [-0.2, -0.15) is 11.8 Å². The maximum absolute atomic E-state index is 14.6. The zero-order valence-electron chi connectivity index (χ0n) is 16.4. The summed E-state index contributed by atoms with van der Waals surface area (Å²) in [5, 5.41) is 2.72. The van der Waals surface area contributed by atoms with E-state index in [-0.39, 0.29) is 19.0 Å². The van der Waals surface area contributed by atoms with Crippen LogP contribution in [0.25, 0.3) is 0 Å². The van der Waals surface area contributed by atoms with E-state index in [0.29, 0.717) is 44.1 Å². The summed E-state index contributed by atoms with van der Waals surface area (Å²) in [6.45, 7) is 2.78. The Hall–Kier alpha value is -2.04. The quantitative estimate of drug-likeness (QED) is 0.644. The number of morpholine rings is 1. The lowest BCUT2D eigenvalue weighted by Crippen LogP contribution is -2.44. The summed E-state index contributed by atoms with van der Waals surface area (Å²) in [6.07, 6.45) is 1.46. The molecule has 2 saturated heterocycles. The Labute approximate surface area is 173 Å². The van der Waals surface area contributed by atoms with Crippen molar-refractivity contribution in [2.24, 2.45) is 5.73 Å². The number of benzene rings is 1. The number of nitrogens with two attached hydrogens (primary N) is 1. The van der Waals surface area contributed by atoms with Gasteiger partial charge >= 0.3 is 6.09 Å². The average molecular weight is 427 g/mol. The summed E-state index contributed by atoms with van der Waals surface area (Å²) in [5.41, 5.74) is 6.75. The first-order valence-electron chi connectivity index (χ1n) is 9.62. The maximum atomic E-state index is 14.6. The Kier molecular flexibility index (Phi) is 7.57. The molecule has 1 aromatic carbocycles. The predicted octanol–water partition coefficient (Wildman–Crippen LogP) is 1.18. The molecule has 29 heavy (non-hydrogen) atoms. The van der Waals surface area contributed by atoms with E-state index in [4.69, 9.17) is 15.2 Å². The van der Waals surface area contributed by atoms with E-state index < -0.39 is 24.1 Å². The lowest BCUT2D eigenvalue weighted by Gasteiger charge is -2.29. The van der Waals surface area contributed by atoms with Crippen LogP contribution in [-0.2, 0) is 14.3 Å². The standard InChI is InChI=1S/C19H27FN4O4S/c1-29-9-4-16(21)18(25)22-11-14-12-24(19(26)28-14)13-2-3-17(15(20)10-13)23-5-7-27-8-6-23/h2-3,10,14,16H,4-9,11-12,21H2,1H3,(H,22,25)/t14-,16-/m0/s1. The molecule has 0 bridgehead atoms. The number of ether oxygens (including phenoxy) is 2. The summed E-state index contributed by atoms with van der Waals surface area (Å²) in [6, 6.07) is 4.13. The van der Waals surface area contributed by atoms with Crippen LogP contribution in [0, 0.1) is 5.82 Å². The van der Waals surface area contributed by atoms with Crippen LogP contribution in [0.3, 0.4) is 0 Å². The van der Waals surface area contributed by atoms with Gasteiger partial charge in [-0.05, 0) is 36.6 Å². The molecule has 0 radical (unpaired) electrons. The van der Waals surface area contributed by atoms with Crippen molar-refractivity contribution in [1.29, 1.82) is 0 Å². The van der Waals surface area contributed by atoms with Gasteiger partial charge in [-0.3, -0.25) is 9.69 Å². The summed E-state index contributed by atoms with van der Waals surface area (Å²) >= 11 is 1.62. The van der Waals surface area contributed by atoms with E-state index in [1.165, 1.54) is 11.0 Å². The summed E-state index contributed by atoms with van der Waals surface area (Å²) in [7, 11) is 0. The van der Waals surface area contributed by atoms with Gasteiger partial charge in [0, 0.05) is 13.1 Å². The van der Waals surface area contributed by atoms with Crippen molar-refractivity contribution in [3.63, 3.8) is 0 Å². The molecule has 0 saturated carbocycles. The molecule has 10 heteroatoms. The minimum absolute atomic E-state index is 0.169. The highest BCUT2D eigenvalue weighted by molar-refractivity contribution is 7.98. The van der Waals surface area contributed by atoms with Gasteiger partial charge in [0.15, 0.2) is 0 Å². The summed E-state index contributed by atoms with van der Waals surface area (Å²) < 4.78 is 25.2. The smallest absolute Gasteiger partial charge is 0.414 e. The third-order valence-corrected chi connectivity index (χ3v) is 5.59. The number of nitrogens with zero attached hydrogens (tertiary/aromatic N) is 2. The molecule has 3 rings (SSSR count). The molecule has 2 atom stereocenters. The Balaban J connectivity index is 1.56. The van der Waals surface area contributed by atoms with Gasteiger partial charge in [0.2, 0.25) is 5.91 Å². The second kappa shape index (κ2) is 10.1. The molecule has 2 amide bonds. The Morgan fingerprint density at radius 1 is 1.41 bits per heavy atom. The van der Waals surface area contributed by atoms with Gasteiger partial charge in [-0.1, -0.05) is 0 Å². The number of amides is 2. The second-order valence-corrected chi connectivity index (χ2v) is 7.97. The van der Waals surface area contributed by atoms with Gasteiger partial charge in [-0.15, -0.1) is 0 Å². The van der Waals surface area contributed by atoms with Gasteiger partial charge in [0.25, 0.3) is 0 Å². The number of anilines is 2. The molecule has 2 aliphatic heterocycles. The van der Waals surface area contributed by atoms with Crippen LogP contribution < -0.4 is 20.9 Å². The van der Waals surface area contributed by atoms with E-state index in [0.717, 1.165) is 5.75 Å². The van der Waals surface area contributed by atoms with Crippen LogP contribution in [0.2, 0.25) is 0 Å². The number of thioether (sulfide) groups is 1. The summed E-state index contributed by atoms with van der Waals surface area (Å²) in [4.78, 5) is 27.5. The first kappa shape index (κ1) is 21.7. The molecule has 1 aromatic rings. The minimum atomic E-state index is -0.586. The monoisotopic (exact) mass is 426 g/mol. The maximum Gasteiger partial charge on any atom is 0.414 e. The fraction of sp³-hybridized carbons (Fsp3) is 0.579. The summed E-state index contributed by atoms with van der Waals surface area (Å²) in [5.74, 6) is 0.135. The fourth-order valence-electron chi connectivity index (χ4n) is 3.28. The number of hydrogen-bond donors (Lipinski definition) is 2. The van der Waals surface area contributed by atoms with Crippen molar-refractivity contribution in [3.8, 4) is 0 Å². The SMILES string of the molecule is CSCC[C@H](N)C(=O)NC[C@H]1CN(c2ccc(N3CCOCC3)c(F)c2)C(=O)O1. The number of cyclic esters (lactones) is 1. The number of nitrogens with one attached hydrogen (secondary N) is 1. The van der Waals surface area contributed by atoms with Crippen LogP contribution in [0.1, 0.15) is 6.42 Å². The van der Waals surface area contributed by atoms with E-state index >= 15 is 0 Å². The third kappa shape index (κ3) is 5.52. The third-order valence-electron chi connectivity index (χ3n) is 4.94. The van der Waals surface area contributed by atoms with Gasteiger partial charge in [-0.25, -0.2) is 9.18 Å². The van der Waals surface area contributed by atoms with Crippen LogP contribution in [-0.4, -0.2) is 75.5 Å². The normalized spacial score (nSPS) is 20.5. The van der Waals surface area contributed by atoms with E-state index in [9.17, 15) is 14.0 Å². The van der Waals surface area contributed by atoms with Crippen molar-refractivity contribution < 1.29 is 23.5 Å². The number of rotatable bonds is 8. The molecule has 160 valence electrons. The van der Waals surface area contributed by atoms with Crippen molar-refractivity contribution in [2.75, 3.05) is 61.2 Å². The largest absolute Gasteiger partial charge is 0.442 e. The number of carbonyl (C=O) groups is 2. The van der Waals surface area contributed by atoms with Crippen LogP contribution in [0.4, 0.5) is 20.6 Å². The zero-order valence-corrected chi connectivity index (χ0v) is 17.3. The van der Waals surface area contributed by atoms with Crippen LogP contribution >= 0.6 is 11.8 Å². The zero-order chi connectivity index (χ0) is 20.8. The number of halogens is 1. The van der Waals surface area contributed by atoms with E-state index in [2.05, 4.69) is 5.32 Å². The Bertz CT molecular complexity index is 732.